The van der Waals surface area contributed by atoms with Crippen LogP contribution >= 0.6 is 0 Å². The summed E-state index contributed by atoms with van der Waals surface area (Å²) in [7, 11) is 1.92. The van der Waals surface area contributed by atoms with Gasteiger partial charge in [0.05, 0.1) is 18.3 Å². The molecule has 1 aliphatic rings. The first-order valence-electron chi connectivity index (χ1n) is 8.79. The number of benzene rings is 1. The van der Waals surface area contributed by atoms with E-state index in [0.29, 0.717) is 19.5 Å². The van der Waals surface area contributed by atoms with Gasteiger partial charge in [-0.25, -0.2) is 0 Å². The molecule has 1 unspecified atom stereocenters. The Hall–Kier alpha value is -2.89. The third-order valence-corrected chi connectivity index (χ3v) is 5.18. The molecule has 0 fully saturated rings. The largest absolute Gasteiger partial charge is 0.361 e. The van der Waals surface area contributed by atoms with Crippen molar-refractivity contribution in [3.8, 4) is 0 Å². The number of aryl methyl sites for hydroxylation is 3. The number of amides is 1. The summed E-state index contributed by atoms with van der Waals surface area (Å²) in [5, 5.41) is 8.27. The van der Waals surface area contributed by atoms with Crippen molar-refractivity contribution >= 4 is 5.91 Å². The topological polar surface area (TPSA) is 64.2 Å². The van der Waals surface area contributed by atoms with Crippen LogP contribution in [0.3, 0.4) is 0 Å². The van der Waals surface area contributed by atoms with E-state index in [1.54, 1.807) is 0 Å². The molecule has 0 bridgehead atoms. The van der Waals surface area contributed by atoms with Crippen molar-refractivity contribution in [1.29, 1.82) is 0 Å². The number of aromatic nitrogens is 3. The molecule has 0 aliphatic carbocycles. The Kier molecular flexibility index (Phi) is 4.11. The van der Waals surface area contributed by atoms with Gasteiger partial charge in [0.25, 0.3) is 0 Å². The van der Waals surface area contributed by atoms with Crippen LogP contribution < -0.4 is 0 Å². The highest BCUT2D eigenvalue weighted by Crippen LogP contribution is 2.33. The molecule has 1 amide bonds. The number of carbonyl (C=O) groups is 1. The molecule has 1 aliphatic heterocycles. The zero-order valence-corrected chi connectivity index (χ0v) is 15.3. The standard InChI is InChI=1S/C20H22N4O2/c1-13-18(14(2)26-22-13)8-20(25)24-11-15-6-4-5-7-17(15)19(12-24)16-9-21-23(3)10-16/h4-7,9-10,19H,8,11-12H2,1-3H3. The molecule has 4 rings (SSSR count). The average Bonchev–Trinajstić information content (AvgIpc) is 3.21. The summed E-state index contributed by atoms with van der Waals surface area (Å²) in [6, 6.07) is 8.35. The van der Waals surface area contributed by atoms with E-state index in [2.05, 4.69) is 28.5 Å². The van der Waals surface area contributed by atoms with E-state index in [1.807, 2.05) is 48.9 Å². The molecule has 26 heavy (non-hydrogen) atoms. The summed E-state index contributed by atoms with van der Waals surface area (Å²) in [5.74, 6) is 0.960. The first-order chi connectivity index (χ1) is 12.5. The number of nitrogens with zero attached hydrogens (tertiary/aromatic N) is 4. The van der Waals surface area contributed by atoms with Crippen molar-refractivity contribution in [2.75, 3.05) is 6.54 Å². The van der Waals surface area contributed by atoms with Gasteiger partial charge < -0.3 is 9.42 Å². The lowest BCUT2D eigenvalue weighted by Crippen LogP contribution is -2.39. The Morgan fingerprint density at radius 1 is 1.31 bits per heavy atom. The summed E-state index contributed by atoms with van der Waals surface area (Å²) in [6.45, 7) is 5.02. The molecule has 0 spiro atoms. The maximum Gasteiger partial charge on any atom is 0.227 e. The lowest BCUT2D eigenvalue weighted by Gasteiger charge is -2.34. The molecule has 6 nitrogen and oxygen atoms in total. The van der Waals surface area contributed by atoms with Crippen molar-refractivity contribution in [3.63, 3.8) is 0 Å². The molecule has 3 heterocycles. The molecule has 1 aromatic carbocycles. The quantitative estimate of drug-likeness (QED) is 0.729. The Bertz CT molecular complexity index is 937. The Morgan fingerprint density at radius 2 is 2.12 bits per heavy atom. The summed E-state index contributed by atoms with van der Waals surface area (Å²) in [4.78, 5) is 14.9. The van der Waals surface area contributed by atoms with Gasteiger partial charge in [-0.3, -0.25) is 9.48 Å². The van der Waals surface area contributed by atoms with Gasteiger partial charge in [0.2, 0.25) is 5.91 Å². The Labute approximate surface area is 152 Å². The number of fused-ring (bicyclic) bond motifs is 1. The minimum atomic E-state index is 0.0998. The maximum atomic E-state index is 13.0. The SMILES string of the molecule is Cc1noc(C)c1CC(=O)N1Cc2ccccc2C(c2cnn(C)c2)C1. The lowest BCUT2D eigenvalue weighted by molar-refractivity contribution is -0.131. The Morgan fingerprint density at radius 3 is 2.81 bits per heavy atom. The van der Waals surface area contributed by atoms with E-state index in [1.165, 1.54) is 11.1 Å². The van der Waals surface area contributed by atoms with Crippen LogP contribution in [0.5, 0.6) is 0 Å². The van der Waals surface area contributed by atoms with E-state index >= 15 is 0 Å². The first kappa shape index (κ1) is 16.6. The second kappa shape index (κ2) is 6.44. The highest BCUT2D eigenvalue weighted by atomic mass is 16.5. The van der Waals surface area contributed by atoms with Gasteiger partial charge in [-0.05, 0) is 30.5 Å². The van der Waals surface area contributed by atoms with Crippen LogP contribution in [0.15, 0.2) is 41.2 Å². The van der Waals surface area contributed by atoms with Crippen molar-refractivity contribution in [1.82, 2.24) is 19.8 Å². The van der Waals surface area contributed by atoms with Gasteiger partial charge in [0.15, 0.2) is 0 Å². The molecule has 134 valence electrons. The average molecular weight is 350 g/mol. The summed E-state index contributed by atoms with van der Waals surface area (Å²) < 4.78 is 7.01. The number of hydrogen-bond donors (Lipinski definition) is 0. The molecule has 0 saturated carbocycles. The molecule has 0 N–H and O–H groups in total. The van der Waals surface area contributed by atoms with Crippen LogP contribution in [0.25, 0.3) is 0 Å². The highest BCUT2D eigenvalue weighted by Gasteiger charge is 2.30. The molecule has 3 aromatic rings. The normalized spacial score (nSPS) is 16.6. The zero-order valence-electron chi connectivity index (χ0n) is 15.3. The minimum Gasteiger partial charge on any atom is -0.361 e. The third-order valence-electron chi connectivity index (χ3n) is 5.18. The van der Waals surface area contributed by atoms with Crippen molar-refractivity contribution < 1.29 is 9.32 Å². The highest BCUT2D eigenvalue weighted by molar-refractivity contribution is 5.79. The fraction of sp³-hybridized carbons (Fsp3) is 0.350. The molecular formula is C20H22N4O2. The number of carbonyl (C=O) groups excluding carboxylic acids is 1. The van der Waals surface area contributed by atoms with Crippen LogP contribution in [0.1, 0.15) is 39.6 Å². The first-order valence-corrected chi connectivity index (χ1v) is 8.79. The molecular weight excluding hydrogens is 328 g/mol. The second-order valence-corrected chi connectivity index (χ2v) is 6.95. The van der Waals surface area contributed by atoms with Crippen molar-refractivity contribution in [3.05, 3.63) is 70.4 Å². The van der Waals surface area contributed by atoms with E-state index in [9.17, 15) is 4.79 Å². The molecule has 0 radical (unpaired) electrons. The van der Waals surface area contributed by atoms with Gasteiger partial charge in [0.1, 0.15) is 5.76 Å². The summed E-state index contributed by atoms with van der Waals surface area (Å²) in [6.07, 6.45) is 4.25. The fourth-order valence-corrected chi connectivity index (χ4v) is 3.72. The molecule has 2 aromatic heterocycles. The van der Waals surface area contributed by atoms with E-state index in [0.717, 1.165) is 22.6 Å². The predicted octanol–water partition coefficient (Wildman–Crippen LogP) is 2.74. The van der Waals surface area contributed by atoms with Gasteiger partial charge in [0, 0.05) is 37.8 Å². The summed E-state index contributed by atoms with van der Waals surface area (Å²) >= 11 is 0. The van der Waals surface area contributed by atoms with Gasteiger partial charge in [-0.2, -0.15) is 5.10 Å². The van der Waals surface area contributed by atoms with E-state index < -0.39 is 0 Å². The van der Waals surface area contributed by atoms with Crippen LogP contribution in [0.2, 0.25) is 0 Å². The monoisotopic (exact) mass is 350 g/mol. The van der Waals surface area contributed by atoms with Crippen LogP contribution in [0, 0.1) is 13.8 Å². The van der Waals surface area contributed by atoms with E-state index in [-0.39, 0.29) is 11.8 Å². The van der Waals surface area contributed by atoms with Crippen molar-refractivity contribution in [2.24, 2.45) is 7.05 Å². The summed E-state index contributed by atoms with van der Waals surface area (Å²) in [5.41, 5.74) is 5.29. The van der Waals surface area contributed by atoms with Gasteiger partial charge in [-0.1, -0.05) is 29.4 Å². The van der Waals surface area contributed by atoms with Crippen LogP contribution in [-0.2, 0) is 24.8 Å². The smallest absolute Gasteiger partial charge is 0.227 e. The molecule has 0 saturated heterocycles. The Balaban J connectivity index is 1.63. The van der Waals surface area contributed by atoms with Crippen LogP contribution in [0.4, 0.5) is 0 Å². The third kappa shape index (κ3) is 2.92. The predicted molar refractivity (Wildman–Crippen MR) is 96.6 cm³/mol. The van der Waals surface area contributed by atoms with Gasteiger partial charge in [-0.15, -0.1) is 0 Å². The van der Waals surface area contributed by atoms with Crippen LogP contribution in [-0.4, -0.2) is 32.3 Å². The maximum absolute atomic E-state index is 13.0. The van der Waals surface area contributed by atoms with Crippen molar-refractivity contribution in [2.45, 2.75) is 32.7 Å². The second-order valence-electron chi connectivity index (χ2n) is 6.95. The number of rotatable bonds is 3. The van der Waals surface area contributed by atoms with Gasteiger partial charge >= 0.3 is 0 Å². The molecule has 6 heteroatoms. The number of hydrogen-bond acceptors (Lipinski definition) is 4. The zero-order chi connectivity index (χ0) is 18.3. The van der Waals surface area contributed by atoms with E-state index in [4.69, 9.17) is 4.52 Å². The molecule has 1 atom stereocenters. The lowest BCUT2D eigenvalue weighted by atomic mass is 9.86. The fourth-order valence-electron chi connectivity index (χ4n) is 3.72. The minimum absolute atomic E-state index is 0.0998.